The van der Waals surface area contributed by atoms with E-state index in [-0.39, 0.29) is 35.6 Å². The molecule has 3 aromatic rings. The van der Waals surface area contributed by atoms with E-state index in [2.05, 4.69) is 14.8 Å². The summed E-state index contributed by atoms with van der Waals surface area (Å²) in [6.07, 6.45) is 5.58. The second-order valence-electron chi connectivity index (χ2n) is 9.42. The lowest BCUT2D eigenvalue weighted by molar-refractivity contribution is -0.191. The molecule has 0 bridgehead atoms. The summed E-state index contributed by atoms with van der Waals surface area (Å²) in [5, 5.41) is 6.61. The maximum atomic E-state index is 13.9. The Morgan fingerprint density at radius 2 is 2.00 bits per heavy atom. The van der Waals surface area contributed by atoms with Gasteiger partial charge >= 0.3 is 12.7 Å². The number of alkyl halides is 2. The van der Waals surface area contributed by atoms with Gasteiger partial charge in [0, 0.05) is 58.6 Å². The van der Waals surface area contributed by atoms with Gasteiger partial charge in [-0.3, -0.25) is 4.99 Å². The minimum atomic E-state index is -3.55. The molecule has 2 aliphatic rings. The predicted octanol–water partition coefficient (Wildman–Crippen LogP) is 5.04. The average molecular weight is 643 g/mol. The summed E-state index contributed by atoms with van der Waals surface area (Å²) in [6.45, 7) is -0.580. The molecule has 0 radical (unpaired) electrons. The number of aromatic nitrogens is 3. The molecule has 16 heteroatoms. The first kappa shape index (κ1) is 31.6. The molecule has 2 atom stereocenters. The number of halogens is 4. The van der Waals surface area contributed by atoms with Crippen molar-refractivity contribution in [3.05, 3.63) is 74.8 Å². The van der Waals surface area contributed by atoms with Crippen molar-refractivity contribution in [1.29, 1.82) is 0 Å². The smallest absolute Gasteiger partial charge is 0.326 e. The quantitative estimate of drug-likeness (QED) is 0.307. The number of nitrogens with one attached hydrogen (secondary N) is 1. The zero-order valence-electron chi connectivity index (χ0n) is 22.2. The number of carbonyl (C=O) groups excluding carboxylic acids is 2. The van der Waals surface area contributed by atoms with Crippen LogP contribution in [-0.4, -0.2) is 58.4 Å². The molecular formula is C26H26ClF3N6O4S2. The summed E-state index contributed by atoms with van der Waals surface area (Å²) in [5.41, 5.74) is 1.87. The summed E-state index contributed by atoms with van der Waals surface area (Å²) in [4.78, 5) is 27.5. The number of hydrogen-bond acceptors (Lipinski definition) is 9. The summed E-state index contributed by atoms with van der Waals surface area (Å²) in [6, 6.07) is 4.09. The monoisotopic (exact) mass is 642 g/mol. The minimum Gasteiger partial charge on any atom is -0.326 e. The largest absolute Gasteiger partial charge is 0.373 e. The summed E-state index contributed by atoms with van der Waals surface area (Å²) < 4.78 is 69.9. The van der Waals surface area contributed by atoms with E-state index >= 15 is 0 Å². The molecule has 2 aliphatic heterocycles. The van der Waals surface area contributed by atoms with Gasteiger partial charge in [-0.15, -0.1) is 11.3 Å². The van der Waals surface area contributed by atoms with Crippen molar-refractivity contribution in [2.45, 2.75) is 51.2 Å². The van der Waals surface area contributed by atoms with E-state index in [0.717, 1.165) is 12.8 Å². The van der Waals surface area contributed by atoms with Gasteiger partial charge in [0.1, 0.15) is 11.9 Å². The zero-order chi connectivity index (χ0) is 30.4. The van der Waals surface area contributed by atoms with Gasteiger partial charge in [0.15, 0.2) is 10.8 Å². The fourth-order valence-electron chi connectivity index (χ4n) is 4.89. The van der Waals surface area contributed by atoms with Gasteiger partial charge in [0.05, 0.1) is 11.4 Å². The van der Waals surface area contributed by atoms with E-state index in [9.17, 15) is 21.6 Å². The molecule has 0 saturated carbocycles. The highest BCUT2D eigenvalue weighted by Gasteiger charge is 2.41. The van der Waals surface area contributed by atoms with E-state index in [1.807, 2.05) is 11.8 Å². The number of benzene rings is 1. The summed E-state index contributed by atoms with van der Waals surface area (Å²) in [7, 11) is -3.55. The van der Waals surface area contributed by atoms with Crippen LogP contribution >= 0.6 is 22.9 Å². The Balaban J connectivity index is 0.00000129. The highest BCUT2D eigenvalue weighted by molar-refractivity contribution is 7.89. The van der Waals surface area contributed by atoms with E-state index in [4.69, 9.17) is 26.2 Å². The van der Waals surface area contributed by atoms with Crippen LogP contribution in [0.5, 0.6) is 0 Å². The Bertz CT molecular complexity index is 1610. The zero-order valence-corrected chi connectivity index (χ0v) is 24.6. The Morgan fingerprint density at radius 3 is 2.62 bits per heavy atom. The van der Waals surface area contributed by atoms with Crippen molar-refractivity contribution in [1.82, 2.24) is 24.4 Å². The number of hydrogen-bond donors (Lipinski definition) is 1. The number of thiazole rings is 1. The Hall–Kier alpha value is -3.36. The normalized spacial score (nSPS) is 18.4. The van der Waals surface area contributed by atoms with Gasteiger partial charge in [0.25, 0.3) is 0 Å². The van der Waals surface area contributed by atoms with Crippen molar-refractivity contribution in [2.75, 3.05) is 12.3 Å². The highest BCUT2D eigenvalue weighted by Crippen LogP contribution is 2.46. The first-order valence-electron chi connectivity index (χ1n) is 12.8. The molecule has 10 nitrogen and oxygen atoms in total. The Morgan fingerprint density at radius 1 is 1.24 bits per heavy atom. The molecule has 0 unspecified atom stereocenters. The molecule has 1 N–H and O–H groups in total. The van der Waals surface area contributed by atoms with E-state index in [0.29, 0.717) is 38.8 Å². The Labute approximate surface area is 249 Å². The van der Waals surface area contributed by atoms with Crippen LogP contribution in [0.1, 0.15) is 61.5 Å². The second kappa shape index (κ2) is 13.7. The van der Waals surface area contributed by atoms with Gasteiger partial charge in [-0.25, -0.2) is 27.2 Å². The lowest BCUT2D eigenvalue weighted by Gasteiger charge is -2.32. The molecule has 5 rings (SSSR count). The molecule has 1 fully saturated rings. The number of fused-ring (bicyclic) bond motifs is 1. The van der Waals surface area contributed by atoms with Gasteiger partial charge in [-0.2, -0.15) is 23.5 Å². The van der Waals surface area contributed by atoms with Crippen molar-refractivity contribution < 1.29 is 31.2 Å². The highest BCUT2D eigenvalue weighted by atomic mass is 35.5. The fraction of sp³-hybridized carbons (Fsp3) is 0.385. The second-order valence-corrected chi connectivity index (χ2v) is 12.6. The van der Waals surface area contributed by atoms with Crippen LogP contribution < -0.4 is 4.72 Å². The molecule has 224 valence electrons. The SMILES string of the molecule is CCCCCS(=O)(=O)N[C@H]1CC2=C(c3ccn(C(F)F)n3)[C@H](c3ccc(F)cc3Cl)N=C(c3nccs3)N2C1.O=C=O. The van der Waals surface area contributed by atoms with E-state index < -0.39 is 34.5 Å². The van der Waals surface area contributed by atoms with Crippen molar-refractivity contribution in [3.8, 4) is 0 Å². The Kier molecular flexibility index (Phi) is 10.3. The summed E-state index contributed by atoms with van der Waals surface area (Å²) >= 11 is 7.83. The van der Waals surface area contributed by atoms with Crippen LogP contribution in [0.25, 0.3) is 5.57 Å². The number of aliphatic imine (C=N–C) groups is 1. The van der Waals surface area contributed by atoms with Gasteiger partial charge in [0.2, 0.25) is 10.0 Å². The molecule has 4 heterocycles. The number of amidine groups is 1. The van der Waals surface area contributed by atoms with Crippen LogP contribution in [0.4, 0.5) is 13.2 Å². The third-order valence-corrected chi connectivity index (χ3v) is 9.20. The van der Waals surface area contributed by atoms with E-state index in [1.165, 1.54) is 41.8 Å². The first-order chi connectivity index (χ1) is 20.1. The third kappa shape index (κ3) is 7.16. The molecule has 1 aromatic carbocycles. The van der Waals surface area contributed by atoms with Crippen LogP contribution in [0, 0.1) is 5.82 Å². The van der Waals surface area contributed by atoms with E-state index in [1.54, 1.807) is 11.6 Å². The van der Waals surface area contributed by atoms with Crippen LogP contribution in [-0.2, 0) is 19.6 Å². The van der Waals surface area contributed by atoms with Crippen molar-refractivity contribution >= 4 is 50.5 Å². The number of rotatable bonds is 10. The first-order valence-corrected chi connectivity index (χ1v) is 15.8. The lowest BCUT2D eigenvalue weighted by Crippen LogP contribution is -2.40. The average Bonchev–Trinajstić information content (AvgIpc) is 3.69. The number of unbranched alkanes of at least 4 members (excludes halogenated alkanes) is 2. The predicted molar refractivity (Wildman–Crippen MR) is 150 cm³/mol. The molecule has 0 spiro atoms. The van der Waals surface area contributed by atoms with Crippen LogP contribution in [0.15, 0.2) is 52.7 Å². The van der Waals surface area contributed by atoms with Crippen molar-refractivity contribution in [2.24, 2.45) is 4.99 Å². The maximum Gasteiger partial charge on any atom is 0.373 e. The van der Waals surface area contributed by atoms with Gasteiger partial charge < -0.3 is 4.90 Å². The number of sulfonamides is 1. The number of nitrogens with zero attached hydrogens (tertiary/aromatic N) is 5. The molecular weight excluding hydrogens is 617 g/mol. The van der Waals surface area contributed by atoms with Crippen LogP contribution in [0.2, 0.25) is 5.02 Å². The molecule has 0 amide bonds. The fourth-order valence-corrected chi connectivity index (χ4v) is 7.17. The summed E-state index contributed by atoms with van der Waals surface area (Å²) in [5.74, 6) is -0.0152. The molecule has 1 saturated heterocycles. The van der Waals surface area contributed by atoms with Crippen LogP contribution in [0.3, 0.4) is 0 Å². The topological polar surface area (TPSA) is 127 Å². The lowest BCUT2D eigenvalue weighted by atomic mass is 9.92. The maximum absolute atomic E-state index is 13.9. The standard InChI is InChI=1S/C25H26ClF3N6O2S2.CO2/c1-2-3-4-11-39(36,37)33-16-13-20-21(19-7-9-35(32-19)25(28)29)22(17-6-5-15(27)12-18(17)26)31-23(34(20)14-16)24-30-8-10-38-24;2-1-3/h5-10,12,16,22,25,33H,2-4,11,13-14H2,1H3;/t16-,22-;/m0./s1. The minimum absolute atomic E-state index is 0.0171. The molecule has 2 aromatic heterocycles. The van der Waals surface area contributed by atoms with Crippen molar-refractivity contribution in [3.63, 3.8) is 0 Å². The van der Waals surface area contributed by atoms with Gasteiger partial charge in [-0.05, 0) is 24.6 Å². The van der Waals surface area contributed by atoms with Gasteiger partial charge in [-0.1, -0.05) is 37.4 Å². The molecule has 0 aliphatic carbocycles. The third-order valence-electron chi connectivity index (χ3n) is 6.59. The molecule has 42 heavy (non-hydrogen) atoms.